The Morgan fingerprint density at radius 3 is 2.50 bits per heavy atom. The minimum Gasteiger partial charge on any atom is -0.295 e. The van der Waals surface area contributed by atoms with Crippen molar-refractivity contribution in [1.82, 2.24) is 5.32 Å². The van der Waals surface area contributed by atoms with Gasteiger partial charge in [0.15, 0.2) is 0 Å². The zero-order chi connectivity index (χ0) is 9.86. The first kappa shape index (κ1) is 9.23. The quantitative estimate of drug-likeness (QED) is 0.734. The van der Waals surface area contributed by atoms with Crippen LogP contribution < -0.4 is 5.32 Å². The molecule has 0 amide bonds. The highest BCUT2D eigenvalue weighted by molar-refractivity contribution is 5.27. The lowest BCUT2D eigenvalue weighted by molar-refractivity contribution is 0.194. The van der Waals surface area contributed by atoms with Crippen molar-refractivity contribution in [3.8, 4) is 6.07 Å². The summed E-state index contributed by atoms with van der Waals surface area (Å²) in [6, 6.07) is 12.6. The summed E-state index contributed by atoms with van der Waals surface area (Å²) >= 11 is 0. The summed E-state index contributed by atoms with van der Waals surface area (Å²) in [6.07, 6.45) is 3.56. The zero-order valence-corrected chi connectivity index (χ0v) is 8.16. The van der Waals surface area contributed by atoms with Gasteiger partial charge in [-0.05, 0) is 24.8 Å². The molecule has 72 valence electrons. The van der Waals surface area contributed by atoms with E-state index in [1.54, 1.807) is 0 Å². The molecule has 0 saturated heterocycles. The van der Waals surface area contributed by atoms with Crippen molar-refractivity contribution in [2.45, 2.75) is 24.8 Å². The van der Waals surface area contributed by atoms with Gasteiger partial charge in [0.2, 0.25) is 0 Å². The Morgan fingerprint density at radius 1 is 1.29 bits per heavy atom. The van der Waals surface area contributed by atoms with E-state index < -0.39 is 0 Å². The highest BCUT2D eigenvalue weighted by Crippen LogP contribution is 2.40. The molecule has 1 fully saturated rings. The second kappa shape index (κ2) is 3.81. The first-order valence-electron chi connectivity index (χ1n) is 5.05. The topological polar surface area (TPSA) is 35.8 Å². The molecule has 1 aromatic rings. The van der Waals surface area contributed by atoms with E-state index in [4.69, 9.17) is 5.26 Å². The van der Waals surface area contributed by atoms with E-state index in [1.165, 1.54) is 12.0 Å². The summed E-state index contributed by atoms with van der Waals surface area (Å²) in [5.74, 6) is 0. The predicted octanol–water partition coefficient (Wildman–Crippen LogP) is 2.18. The Kier molecular flexibility index (Phi) is 2.51. The summed E-state index contributed by atoms with van der Waals surface area (Å²) in [5.41, 5.74) is 1.42. The molecule has 0 radical (unpaired) electrons. The largest absolute Gasteiger partial charge is 0.295 e. The number of hydrogen-bond donors (Lipinski definition) is 1. The van der Waals surface area contributed by atoms with Crippen LogP contribution >= 0.6 is 0 Å². The van der Waals surface area contributed by atoms with E-state index >= 15 is 0 Å². The van der Waals surface area contributed by atoms with Crippen molar-refractivity contribution in [1.29, 1.82) is 5.26 Å². The van der Waals surface area contributed by atoms with Gasteiger partial charge in [0.1, 0.15) is 0 Å². The lowest BCUT2D eigenvalue weighted by Crippen LogP contribution is -2.48. The Hall–Kier alpha value is -1.33. The summed E-state index contributed by atoms with van der Waals surface area (Å²) < 4.78 is 0. The molecule has 0 unspecified atom stereocenters. The second-order valence-corrected chi connectivity index (χ2v) is 3.81. The van der Waals surface area contributed by atoms with E-state index in [1.807, 2.05) is 6.07 Å². The van der Waals surface area contributed by atoms with Crippen LogP contribution in [0, 0.1) is 11.3 Å². The van der Waals surface area contributed by atoms with E-state index in [0.29, 0.717) is 6.54 Å². The highest BCUT2D eigenvalue weighted by atomic mass is 15.0. The number of nitriles is 1. The molecule has 1 aliphatic rings. The number of hydrogen-bond acceptors (Lipinski definition) is 2. The van der Waals surface area contributed by atoms with Crippen LogP contribution in [0.5, 0.6) is 0 Å². The molecule has 1 N–H and O–H groups in total. The molecule has 0 spiro atoms. The molecule has 0 bridgehead atoms. The summed E-state index contributed by atoms with van der Waals surface area (Å²) in [6.45, 7) is 0.439. The molecule has 2 rings (SSSR count). The maximum Gasteiger partial charge on any atom is 0.0847 e. The normalized spacial score (nSPS) is 18.2. The van der Waals surface area contributed by atoms with E-state index in [0.717, 1.165) is 12.8 Å². The molecule has 0 atom stereocenters. The van der Waals surface area contributed by atoms with Gasteiger partial charge in [0, 0.05) is 5.54 Å². The zero-order valence-electron chi connectivity index (χ0n) is 8.16. The van der Waals surface area contributed by atoms with Crippen LogP contribution in [0.3, 0.4) is 0 Å². The number of nitrogens with one attached hydrogen (secondary N) is 1. The second-order valence-electron chi connectivity index (χ2n) is 3.81. The smallest absolute Gasteiger partial charge is 0.0847 e. The Morgan fingerprint density at radius 2 is 2.00 bits per heavy atom. The average molecular weight is 186 g/mol. The average Bonchev–Trinajstić information content (AvgIpc) is 2.18. The monoisotopic (exact) mass is 186 g/mol. The molecular weight excluding hydrogens is 172 g/mol. The summed E-state index contributed by atoms with van der Waals surface area (Å²) in [7, 11) is 0. The molecule has 1 aliphatic carbocycles. The van der Waals surface area contributed by atoms with Gasteiger partial charge >= 0.3 is 0 Å². The van der Waals surface area contributed by atoms with Crippen molar-refractivity contribution in [3.05, 3.63) is 35.9 Å². The SMILES string of the molecule is N#CCNC1(c2ccccc2)CCC1. The fraction of sp³-hybridized carbons (Fsp3) is 0.417. The standard InChI is InChI=1S/C12H14N2/c13-9-10-14-12(7-4-8-12)11-5-2-1-3-6-11/h1-3,5-6,14H,4,7-8,10H2. The highest BCUT2D eigenvalue weighted by Gasteiger charge is 2.37. The lowest BCUT2D eigenvalue weighted by Gasteiger charge is -2.42. The van der Waals surface area contributed by atoms with Gasteiger partial charge in [-0.15, -0.1) is 0 Å². The maximum atomic E-state index is 8.58. The van der Waals surface area contributed by atoms with Crippen molar-refractivity contribution in [2.75, 3.05) is 6.54 Å². The fourth-order valence-corrected chi connectivity index (χ4v) is 2.06. The third-order valence-corrected chi connectivity index (χ3v) is 3.04. The maximum absolute atomic E-state index is 8.58. The molecule has 0 heterocycles. The first-order chi connectivity index (χ1) is 6.87. The van der Waals surface area contributed by atoms with E-state index in [2.05, 4.69) is 35.7 Å². The van der Waals surface area contributed by atoms with E-state index in [9.17, 15) is 0 Å². The fourth-order valence-electron chi connectivity index (χ4n) is 2.06. The lowest BCUT2D eigenvalue weighted by atomic mass is 9.72. The molecule has 2 heteroatoms. The van der Waals surface area contributed by atoms with Crippen molar-refractivity contribution in [3.63, 3.8) is 0 Å². The predicted molar refractivity (Wildman–Crippen MR) is 55.6 cm³/mol. The number of benzene rings is 1. The van der Waals surface area contributed by atoms with Crippen LogP contribution in [0.15, 0.2) is 30.3 Å². The van der Waals surface area contributed by atoms with Gasteiger partial charge in [-0.3, -0.25) is 5.32 Å². The minimum absolute atomic E-state index is 0.0942. The van der Waals surface area contributed by atoms with Crippen molar-refractivity contribution in [2.24, 2.45) is 0 Å². The Bertz CT molecular complexity index is 333. The van der Waals surface area contributed by atoms with Crippen LogP contribution in [-0.2, 0) is 5.54 Å². The van der Waals surface area contributed by atoms with Crippen LogP contribution in [-0.4, -0.2) is 6.54 Å². The molecule has 2 nitrogen and oxygen atoms in total. The molecular formula is C12H14N2. The van der Waals surface area contributed by atoms with Crippen molar-refractivity contribution < 1.29 is 0 Å². The van der Waals surface area contributed by atoms with Crippen LogP contribution in [0.1, 0.15) is 24.8 Å². The number of nitrogens with zero attached hydrogens (tertiary/aromatic N) is 1. The van der Waals surface area contributed by atoms with Crippen molar-refractivity contribution >= 4 is 0 Å². The summed E-state index contributed by atoms with van der Waals surface area (Å²) in [4.78, 5) is 0. The van der Waals surface area contributed by atoms with Gasteiger partial charge in [0.05, 0.1) is 12.6 Å². The van der Waals surface area contributed by atoms with Crippen LogP contribution in [0.25, 0.3) is 0 Å². The van der Waals surface area contributed by atoms with Gasteiger partial charge in [0.25, 0.3) is 0 Å². The molecule has 1 saturated carbocycles. The van der Waals surface area contributed by atoms with Gasteiger partial charge < -0.3 is 0 Å². The first-order valence-corrected chi connectivity index (χ1v) is 5.05. The van der Waals surface area contributed by atoms with E-state index in [-0.39, 0.29) is 5.54 Å². The Balaban J connectivity index is 2.17. The molecule has 14 heavy (non-hydrogen) atoms. The third kappa shape index (κ3) is 1.51. The Labute approximate surface area is 84.6 Å². The molecule has 1 aromatic carbocycles. The van der Waals surface area contributed by atoms with Gasteiger partial charge in [-0.25, -0.2) is 0 Å². The molecule has 0 aromatic heterocycles. The summed E-state index contributed by atoms with van der Waals surface area (Å²) in [5, 5.41) is 11.9. The minimum atomic E-state index is 0.0942. The number of rotatable bonds is 3. The third-order valence-electron chi connectivity index (χ3n) is 3.04. The van der Waals surface area contributed by atoms with Gasteiger partial charge in [-0.1, -0.05) is 30.3 Å². The van der Waals surface area contributed by atoms with Crippen LogP contribution in [0.2, 0.25) is 0 Å². The van der Waals surface area contributed by atoms with Crippen LogP contribution in [0.4, 0.5) is 0 Å². The van der Waals surface area contributed by atoms with Gasteiger partial charge in [-0.2, -0.15) is 5.26 Å². The molecule has 0 aliphatic heterocycles.